The number of aliphatic carboxylic acids is 1. The van der Waals surface area contributed by atoms with Crippen molar-refractivity contribution in [1.82, 2.24) is 4.90 Å². The first-order valence-electron chi connectivity index (χ1n) is 5.96. The molecule has 98 valence electrons. The van der Waals surface area contributed by atoms with E-state index >= 15 is 0 Å². The summed E-state index contributed by atoms with van der Waals surface area (Å²) >= 11 is 0. The lowest BCUT2D eigenvalue weighted by molar-refractivity contribution is -0.139. The lowest BCUT2D eigenvalue weighted by Crippen LogP contribution is -2.39. The summed E-state index contributed by atoms with van der Waals surface area (Å²) in [6.07, 6.45) is -0.0244. The molecule has 4 nitrogen and oxygen atoms in total. The van der Waals surface area contributed by atoms with Gasteiger partial charge in [-0.3, -0.25) is 9.69 Å². The topological polar surface area (TPSA) is 49.8 Å². The minimum atomic E-state index is -0.879. The van der Waals surface area contributed by atoms with E-state index in [9.17, 15) is 9.18 Å². The van der Waals surface area contributed by atoms with Gasteiger partial charge in [0.25, 0.3) is 0 Å². The number of carboxylic acid groups (broad SMARTS) is 1. The Morgan fingerprint density at radius 2 is 2.17 bits per heavy atom. The third-order valence-electron chi connectivity index (χ3n) is 3.09. The molecule has 1 N–H and O–H groups in total. The molecule has 0 amide bonds. The molecule has 1 heterocycles. The van der Waals surface area contributed by atoms with Crippen LogP contribution in [-0.2, 0) is 9.53 Å². The molecule has 0 aromatic heterocycles. The number of morpholine rings is 1. The lowest BCUT2D eigenvalue weighted by atomic mass is 10.0. The maximum atomic E-state index is 13.2. The number of hydrogen-bond donors (Lipinski definition) is 1. The minimum absolute atomic E-state index is 0.0244. The molecule has 0 aliphatic carbocycles. The molecule has 1 aliphatic heterocycles. The number of hydrogen-bond acceptors (Lipinski definition) is 3. The Kier molecular flexibility index (Phi) is 4.28. The molecule has 0 radical (unpaired) electrons. The Morgan fingerprint density at radius 3 is 2.78 bits per heavy atom. The molecule has 5 heteroatoms. The van der Waals surface area contributed by atoms with Crippen LogP contribution in [-0.4, -0.2) is 42.3 Å². The van der Waals surface area contributed by atoms with Gasteiger partial charge in [0, 0.05) is 19.1 Å². The third kappa shape index (κ3) is 3.27. The normalized spacial score (nSPS) is 18.5. The fraction of sp³-hybridized carbons (Fsp3) is 0.462. The number of rotatable bonds is 4. The van der Waals surface area contributed by atoms with Gasteiger partial charge in [-0.1, -0.05) is 12.1 Å². The van der Waals surface area contributed by atoms with E-state index in [2.05, 4.69) is 0 Å². The van der Waals surface area contributed by atoms with Gasteiger partial charge >= 0.3 is 5.97 Å². The standard InChI is InChI=1S/C13H16FNO3/c14-11-3-1-2-10(8-11)12(9-13(16)17)15-4-6-18-7-5-15/h1-3,8,12H,4-7,9H2,(H,16,17). The summed E-state index contributed by atoms with van der Waals surface area (Å²) in [5.74, 6) is -1.22. The van der Waals surface area contributed by atoms with Crippen molar-refractivity contribution in [3.8, 4) is 0 Å². The Morgan fingerprint density at radius 1 is 1.44 bits per heavy atom. The summed E-state index contributed by atoms with van der Waals surface area (Å²) in [5, 5.41) is 8.99. The van der Waals surface area contributed by atoms with Crippen molar-refractivity contribution < 1.29 is 19.0 Å². The average Bonchev–Trinajstić information content (AvgIpc) is 2.37. The molecule has 1 saturated heterocycles. The van der Waals surface area contributed by atoms with Crippen LogP contribution in [0.5, 0.6) is 0 Å². The van der Waals surface area contributed by atoms with Gasteiger partial charge in [-0.05, 0) is 17.7 Å². The maximum Gasteiger partial charge on any atom is 0.305 e. The molecule has 0 spiro atoms. The first-order valence-corrected chi connectivity index (χ1v) is 5.96. The second-order valence-electron chi connectivity index (χ2n) is 4.32. The average molecular weight is 253 g/mol. The number of halogens is 1. The number of ether oxygens (including phenoxy) is 1. The number of benzene rings is 1. The third-order valence-corrected chi connectivity index (χ3v) is 3.09. The quantitative estimate of drug-likeness (QED) is 0.886. The summed E-state index contributed by atoms with van der Waals surface area (Å²) < 4.78 is 18.5. The van der Waals surface area contributed by atoms with Crippen LogP contribution in [0.25, 0.3) is 0 Å². The van der Waals surface area contributed by atoms with Crippen molar-refractivity contribution in [1.29, 1.82) is 0 Å². The zero-order valence-corrected chi connectivity index (χ0v) is 10.0. The highest BCUT2D eigenvalue weighted by Gasteiger charge is 2.25. The highest BCUT2D eigenvalue weighted by Crippen LogP contribution is 2.25. The molecule has 1 aromatic rings. The van der Waals surface area contributed by atoms with Crippen molar-refractivity contribution >= 4 is 5.97 Å². The fourth-order valence-corrected chi connectivity index (χ4v) is 2.23. The molecule has 18 heavy (non-hydrogen) atoms. The van der Waals surface area contributed by atoms with E-state index in [1.54, 1.807) is 12.1 Å². The summed E-state index contributed by atoms with van der Waals surface area (Å²) in [7, 11) is 0. The molecule has 2 rings (SSSR count). The van der Waals surface area contributed by atoms with Crippen LogP contribution in [0, 0.1) is 5.82 Å². The molecule has 1 aliphatic rings. The van der Waals surface area contributed by atoms with Gasteiger partial charge in [-0.2, -0.15) is 0 Å². The second-order valence-corrected chi connectivity index (χ2v) is 4.32. The van der Waals surface area contributed by atoms with E-state index in [0.717, 1.165) is 0 Å². The smallest absolute Gasteiger partial charge is 0.305 e. The van der Waals surface area contributed by atoms with Crippen LogP contribution in [0.15, 0.2) is 24.3 Å². The monoisotopic (exact) mass is 253 g/mol. The number of carbonyl (C=O) groups is 1. The summed E-state index contributed by atoms with van der Waals surface area (Å²) in [6, 6.07) is 5.86. The maximum absolute atomic E-state index is 13.2. The van der Waals surface area contributed by atoms with Gasteiger partial charge in [-0.25, -0.2) is 4.39 Å². The van der Waals surface area contributed by atoms with E-state index in [1.165, 1.54) is 12.1 Å². The molecule has 0 saturated carbocycles. The first-order chi connectivity index (χ1) is 8.66. The molecule has 0 bridgehead atoms. The van der Waals surface area contributed by atoms with E-state index in [-0.39, 0.29) is 18.3 Å². The van der Waals surface area contributed by atoms with Gasteiger partial charge in [0.05, 0.1) is 19.6 Å². The fourth-order valence-electron chi connectivity index (χ4n) is 2.23. The van der Waals surface area contributed by atoms with Gasteiger partial charge in [0.15, 0.2) is 0 Å². The number of nitrogens with zero attached hydrogens (tertiary/aromatic N) is 1. The van der Waals surface area contributed by atoms with Crippen LogP contribution in [0.4, 0.5) is 4.39 Å². The van der Waals surface area contributed by atoms with E-state index in [0.29, 0.717) is 31.9 Å². The predicted molar refractivity (Wildman–Crippen MR) is 63.8 cm³/mol. The Bertz CT molecular complexity index is 418. The molecule has 1 fully saturated rings. The predicted octanol–water partition coefficient (Wildman–Crippen LogP) is 1.67. The SMILES string of the molecule is O=C(O)CC(c1cccc(F)c1)N1CCOCC1. The van der Waals surface area contributed by atoms with Crippen molar-refractivity contribution in [3.63, 3.8) is 0 Å². The first kappa shape index (κ1) is 13.0. The van der Waals surface area contributed by atoms with Gasteiger partial charge < -0.3 is 9.84 Å². The highest BCUT2D eigenvalue weighted by atomic mass is 19.1. The Labute approximate surface area is 105 Å². The zero-order valence-electron chi connectivity index (χ0n) is 10.0. The molecule has 1 aromatic carbocycles. The molecular weight excluding hydrogens is 237 g/mol. The van der Waals surface area contributed by atoms with E-state index in [4.69, 9.17) is 9.84 Å². The lowest BCUT2D eigenvalue weighted by Gasteiger charge is -2.34. The van der Waals surface area contributed by atoms with Crippen molar-refractivity contribution in [3.05, 3.63) is 35.6 Å². The van der Waals surface area contributed by atoms with Crippen molar-refractivity contribution in [2.75, 3.05) is 26.3 Å². The number of carboxylic acids is 1. The Hall–Kier alpha value is -1.46. The van der Waals surface area contributed by atoms with Gasteiger partial charge in [0.2, 0.25) is 0 Å². The summed E-state index contributed by atoms with van der Waals surface area (Å²) in [5.41, 5.74) is 0.708. The molecule has 1 atom stereocenters. The van der Waals surface area contributed by atoms with Crippen LogP contribution in [0.3, 0.4) is 0 Å². The summed E-state index contributed by atoms with van der Waals surface area (Å²) in [4.78, 5) is 13.0. The summed E-state index contributed by atoms with van der Waals surface area (Å²) in [6.45, 7) is 2.53. The molecule has 1 unspecified atom stereocenters. The van der Waals surface area contributed by atoms with Gasteiger partial charge in [-0.15, -0.1) is 0 Å². The molecular formula is C13H16FNO3. The van der Waals surface area contributed by atoms with Crippen LogP contribution in [0.2, 0.25) is 0 Å². The minimum Gasteiger partial charge on any atom is -0.481 e. The second kappa shape index (κ2) is 5.93. The van der Waals surface area contributed by atoms with Crippen LogP contribution in [0.1, 0.15) is 18.0 Å². The zero-order chi connectivity index (χ0) is 13.0. The highest BCUT2D eigenvalue weighted by molar-refractivity contribution is 5.68. The largest absolute Gasteiger partial charge is 0.481 e. The van der Waals surface area contributed by atoms with Crippen molar-refractivity contribution in [2.45, 2.75) is 12.5 Å². The van der Waals surface area contributed by atoms with E-state index in [1.807, 2.05) is 4.90 Å². The van der Waals surface area contributed by atoms with E-state index < -0.39 is 5.97 Å². The van der Waals surface area contributed by atoms with Crippen molar-refractivity contribution in [2.24, 2.45) is 0 Å². The van der Waals surface area contributed by atoms with Gasteiger partial charge in [0.1, 0.15) is 5.82 Å². The van der Waals surface area contributed by atoms with Crippen LogP contribution < -0.4 is 0 Å². The van der Waals surface area contributed by atoms with Crippen LogP contribution >= 0.6 is 0 Å². The Balaban J connectivity index is 2.20.